The average Bonchev–Trinajstić information content (AvgIpc) is 2.42. The lowest BCUT2D eigenvalue weighted by molar-refractivity contribution is -0.137. The van der Waals surface area contributed by atoms with Gasteiger partial charge in [0.25, 0.3) is 0 Å². The largest absolute Gasteiger partial charge is 0.416 e. The van der Waals surface area contributed by atoms with Gasteiger partial charge in [0.2, 0.25) is 0 Å². The van der Waals surface area contributed by atoms with Crippen LogP contribution in [0.2, 0.25) is 5.02 Å². The summed E-state index contributed by atoms with van der Waals surface area (Å²) in [5, 5.41) is 3.31. The quantitative estimate of drug-likeness (QED) is 0.589. The minimum Gasteiger partial charge on any atom is -0.340 e. The molecule has 1 aromatic heterocycles. The highest BCUT2D eigenvalue weighted by molar-refractivity contribution is 6.31. The highest BCUT2D eigenvalue weighted by Gasteiger charge is 2.31. The Bertz CT molecular complexity index is 658. The number of benzene rings is 1. The summed E-state index contributed by atoms with van der Waals surface area (Å²) in [6.45, 7) is 1.75. The number of nitrogens with one attached hydrogen (secondary N) is 2. The molecule has 4 N–H and O–H groups in total. The minimum absolute atomic E-state index is 0.0168. The Morgan fingerprint density at radius 3 is 2.48 bits per heavy atom. The van der Waals surface area contributed by atoms with E-state index in [0.717, 1.165) is 12.1 Å². The Morgan fingerprint density at radius 2 is 1.86 bits per heavy atom. The second kappa shape index (κ2) is 5.79. The standard InChI is InChI=1S/C13H12ClF3N4/c1-7-9(14)3-2-4-10(7)19-11-5-8(13(15,16)17)6-12(20-11)21-18/h2-6H,18H2,1H3,(H2,19,20,21). The summed E-state index contributed by atoms with van der Waals surface area (Å²) < 4.78 is 38.5. The van der Waals surface area contributed by atoms with Gasteiger partial charge in [0.1, 0.15) is 11.6 Å². The first kappa shape index (κ1) is 15.4. The van der Waals surface area contributed by atoms with E-state index in [1.807, 2.05) is 0 Å². The molecule has 1 heterocycles. The van der Waals surface area contributed by atoms with E-state index in [0.29, 0.717) is 16.3 Å². The lowest BCUT2D eigenvalue weighted by Crippen LogP contribution is -2.13. The molecule has 0 atom stereocenters. The molecule has 0 saturated heterocycles. The number of nitrogens with two attached hydrogens (primary N) is 1. The van der Waals surface area contributed by atoms with Crippen LogP contribution in [0.25, 0.3) is 0 Å². The van der Waals surface area contributed by atoms with Gasteiger partial charge in [-0.25, -0.2) is 10.8 Å². The van der Waals surface area contributed by atoms with Crippen molar-refractivity contribution in [2.75, 3.05) is 10.7 Å². The fraction of sp³-hybridized carbons (Fsp3) is 0.154. The van der Waals surface area contributed by atoms with Gasteiger partial charge in [-0.15, -0.1) is 0 Å². The van der Waals surface area contributed by atoms with Crippen LogP contribution < -0.4 is 16.6 Å². The Kier molecular flexibility index (Phi) is 4.24. The fourth-order valence-corrected chi connectivity index (χ4v) is 1.89. The summed E-state index contributed by atoms with van der Waals surface area (Å²) in [6, 6.07) is 6.80. The molecule has 8 heteroatoms. The van der Waals surface area contributed by atoms with Crippen LogP contribution in [0.5, 0.6) is 0 Å². The number of halogens is 4. The molecule has 0 saturated carbocycles. The number of hydrazine groups is 1. The Labute approximate surface area is 124 Å². The maximum absolute atomic E-state index is 12.8. The molecule has 0 aliphatic carbocycles. The predicted molar refractivity (Wildman–Crippen MR) is 76.5 cm³/mol. The third-order valence-electron chi connectivity index (χ3n) is 2.83. The summed E-state index contributed by atoms with van der Waals surface area (Å²) in [5.74, 6) is 5.08. The molecule has 0 radical (unpaired) electrons. The molecular formula is C13H12ClF3N4. The van der Waals surface area contributed by atoms with Crippen LogP contribution in [0.15, 0.2) is 30.3 Å². The van der Waals surface area contributed by atoms with E-state index in [1.54, 1.807) is 25.1 Å². The molecule has 0 aliphatic rings. The maximum Gasteiger partial charge on any atom is 0.416 e. The van der Waals surface area contributed by atoms with Gasteiger partial charge in [0.15, 0.2) is 0 Å². The number of nitrogen functional groups attached to an aromatic ring is 1. The molecule has 0 fully saturated rings. The highest BCUT2D eigenvalue weighted by atomic mass is 35.5. The van der Waals surface area contributed by atoms with Gasteiger partial charge in [-0.3, -0.25) is 0 Å². The number of hydrogen-bond acceptors (Lipinski definition) is 4. The third kappa shape index (κ3) is 3.56. The molecular weight excluding hydrogens is 305 g/mol. The number of rotatable bonds is 3. The molecule has 2 aromatic rings. The zero-order chi connectivity index (χ0) is 15.6. The van der Waals surface area contributed by atoms with Crippen LogP contribution in [0.3, 0.4) is 0 Å². The molecule has 4 nitrogen and oxygen atoms in total. The normalized spacial score (nSPS) is 11.3. The highest BCUT2D eigenvalue weighted by Crippen LogP contribution is 2.33. The topological polar surface area (TPSA) is 63.0 Å². The molecule has 1 aromatic carbocycles. The molecule has 21 heavy (non-hydrogen) atoms. The second-order valence-corrected chi connectivity index (χ2v) is 4.71. The summed E-state index contributed by atoms with van der Waals surface area (Å²) in [7, 11) is 0. The summed E-state index contributed by atoms with van der Waals surface area (Å²) >= 11 is 5.97. The van der Waals surface area contributed by atoms with Crippen LogP contribution >= 0.6 is 11.6 Å². The van der Waals surface area contributed by atoms with Crippen molar-refractivity contribution in [3.05, 3.63) is 46.5 Å². The van der Waals surface area contributed by atoms with Crippen molar-refractivity contribution in [1.29, 1.82) is 0 Å². The van der Waals surface area contributed by atoms with Crippen molar-refractivity contribution in [1.82, 2.24) is 4.98 Å². The average molecular weight is 317 g/mol. The first-order valence-electron chi connectivity index (χ1n) is 5.89. The molecule has 112 valence electrons. The van der Waals surface area contributed by atoms with Gasteiger partial charge in [0.05, 0.1) is 5.56 Å². The van der Waals surface area contributed by atoms with E-state index in [9.17, 15) is 13.2 Å². The predicted octanol–water partition coefficient (Wildman–Crippen LogP) is 4.09. The van der Waals surface area contributed by atoms with Crippen molar-refractivity contribution in [2.45, 2.75) is 13.1 Å². The Morgan fingerprint density at radius 1 is 1.19 bits per heavy atom. The van der Waals surface area contributed by atoms with Crippen LogP contribution in [-0.4, -0.2) is 4.98 Å². The first-order chi connectivity index (χ1) is 9.81. The van der Waals surface area contributed by atoms with E-state index in [-0.39, 0.29) is 11.6 Å². The van der Waals surface area contributed by atoms with E-state index >= 15 is 0 Å². The summed E-state index contributed by atoms with van der Waals surface area (Å²) in [5.41, 5.74) is 2.54. The lowest BCUT2D eigenvalue weighted by Gasteiger charge is -2.14. The van der Waals surface area contributed by atoms with E-state index < -0.39 is 11.7 Å². The van der Waals surface area contributed by atoms with Gasteiger partial charge >= 0.3 is 6.18 Å². The molecule has 0 aliphatic heterocycles. The van der Waals surface area contributed by atoms with E-state index in [1.165, 1.54) is 0 Å². The van der Waals surface area contributed by atoms with E-state index in [4.69, 9.17) is 17.4 Å². The van der Waals surface area contributed by atoms with Crippen LogP contribution in [0.1, 0.15) is 11.1 Å². The lowest BCUT2D eigenvalue weighted by atomic mass is 10.2. The number of pyridine rings is 1. The van der Waals surface area contributed by atoms with Gasteiger partial charge in [-0.1, -0.05) is 17.7 Å². The number of anilines is 3. The number of aromatic nitrogens is 1. The maximum atomic E-state index is 12.8. The molecule has 0 unspecified atom stereocenters. The molecule has 0 amide bonds. The monoisotopic (exact) mass is 316 g/mol. The van der Waals surface area contributed by atoms with Crippen molar-refractivity contribution in [3.8, 4) is 0 Å². The first-order valence-corrected chi connectivity index (χ1v) is 6.27. The van der Waals surface area contributed by atoms with Gasteiger partial charge in [0, 0.05) is 10.7 Å². The van der Waals surface area contributed by atoms with Gasteiger partial charge in [-0.2, -0.15) is 13.2 Å². The van der Waals surface area contributed by atoms with Crippen molar-refractivity contribution in [2.24, 2.45) is 5.84 Å². The fourth-order valence-electron chi connectivity index (χ4n) is 1.71. The van der Waals surface area contributed by atoms with Crippen molar-refractivity contribution >= 4 is 28.9 Å². The minimum atomic E-state index is -4.49. The zero-order valence-corrected chi connectivity index (χ0v) is 11.7. The smallest absolute Gasteiger partial charge is 0.340 e. The molecule has 2 rings (SSSR count). The van der Waals surface area contributed by atoms with Crippen LogP contribution in [-0.2, 0) is 6.18 Å². The van der Waals surface area contributed by atoms with Crippen LogP contribution in [0, 0.1) is 6.92 Å². The Hall–Kier alpha value is -1.99. The van der Waals surface area contributed by atoms with Gasteiger partial charge in [-0.05, 0) is 36.8 Å². The number of hydrogen-bond donors (Lipinski definition) is 3. The Balaban J connectivity index is 2.42. The van der Waals surface area contributed by atoms with Crippen LogP contribution in [0.4, 0.5) is 30.5 Å². The SMILES string of the molecule is Cc1c(Cl)cccc1Nc1cc(C(F)(F)F)cc(NN)n1. The van der Waals surface area contributed by atoms with Crippen molar-refractivity contribution < 1.29 is 13.2 Å². The van der Waals surface area contributed by atoms with Crippen molar-refractivity contribution in [3.63, 3.8) is 0 Å². The van der Waals surface area contributed by atoms with Gasteiger partial charge < -0.3 is 10.7 Å². The molecule has 0 spiro atoms. The summed E-state index contributed by atoms with van der Waals surface area (Å²) in [4.78, 5) is 3.94. The number of nitrogens with zero attached hydrogens (tertiary/aromatic N) is 1. The van der Waals surface area contributed by atoms with E-state index in [2.05, 4.69) is 15.7 Å². The zero-order valence-electron chi connectivity index (χ0n) is 10.9. The summed E-state index contributed by atoms with van der Waals surface area (Å²) in [6.07, 6.45) is -4.49. The second-order valence-electron chi connectivity index (χ2n) is 4.31. The molecule has 0 bridgehead atoms. The third-order valence-corrected chi connectivity index (χ3v) is 3.24. The number of alkyl halides is 3.